The molecule has 0 bridgehead atoms. The van der Waals surface area contributed by atoms with Gasteiger partial charge in [0.2, 0.25) is 11.8 Å². The second kappa shape index (κ2) is 10.2. The van der Waals surface area contributed by atoms with E-state index in [4.69, 9.17) is 4.74 Å². The zero-order valence-electron chi connectivity index (χ0n) is 17.4. The Labute approximate surface area is 171 Å². The molecule has 3 amide bonds. The second-order valence-corrected chi connectivity index (χ2v) is 8.10. The number of alkyl carbamates (subject to hydrolysis) is 1. The van der Waals surface area contributed by atoms with E-state index in [1.807, 2.05) is 0 Å². The molecule has 0 aromatic heterocycles. The van der Waals surface area contributed by atoms with E-state index in [1.165, 1.54) is 12.1 Å². The van der Waals surface area contributed by atoms with Gasteiger partial charge in [-0.1, -0.05) is 12.1 Å². The number of halogens is 1. The van der Waals surface area contributed by atoms with Gasteiger partial charge in [-0.3, -0.25) is 9.59 Å². The van der Waals surface area contributed by atoms with Crippen LogP contribution >= 0.6 is 0 Å². The van der Waals surface area contributed by atoms with Gasteiger partial charge in [0.25, 0.3) is 0 Å². The van der Waals surface area contributed by atoms with Gasteiger partial charge in [0.15, 0.2) is 0 Å². The molecule has 7 nitrogen and oxygen atoms in total. The highest BCUT2D eigenvalue weighted by atomic mass is 19.1. The molecule has 1 fully saturated rings. The zero-order chi connectivity index (χ0) is 21.4. The quantitative estimate of drug-likeness (QED) is 0.813. The number of nitrogens with zero attached hydrogens (tertiary/aromatic N) is 2. The van der Waals surface area contributed by atoms with Crippen molar-refractivity contribution in [1.29, 1.82) is 0 Å². The summed E-state index contributed by atoms with van der Waals surface area (Å²) in [6.07, 6.45) is 0.955. The highest BCUT2D eigenvalue weighted by molar-refractivity contribution is 5.82. The van der Waals surface area contributed by atoms with E-state index < -0.39 is 11.7 Å². The minimum Gasteiger partial charge on any atom is -0.444 e. The molecule has 1 aromatic rings. The second-order valence-electron chi connectivity index (χ2n) is 8.10. The molecule has 0 spiro atoms. The molecule has 0 aliphatic carbocycles. The minimum atomic E-state index is -0.627. The smallest absolute Gasteiger partial charge is 0.408 e. The molecule has 0 radical (unpaired) electrons. The van der Waals surface area contributed by atoms with E-state index in [2.05, 4.69) is 5.32 Å². The maximum absolute atomic E-state index is 13.0. The fourth-order valence-corrected chi connectivity index (χ4v) is 3.05. The van der Waals surface area contributed by atoms with Gasteiger partial charge in [-0.15, -0.1) is 0 Å². The van der Waals surface area contributed by atoms with Crippen LogP contribution < -0.4 is 5.32 Å². The number of ether oxygens (including phenoxy) is 1. The number of benzene rings is 1. The van der Waals surface area contributed by atoms with E-state index in [0.29, 0.717) is 45.4 Å². The van der Waals surface area contributed by atoms with E-state index >= 15 is 0 Å². The average molecular weight is 407 g/mol. The lowest BCUT2D eigenvalue weighted by Crippen LogP contribution is -2.43. The first-order chi connectivity index (χ1) is 13.6. The maximum atomic E-state index is 13.0. The predicted octanol–water partition coefficient (Wildman–Crippen LogP) is 2.34. The molecule has 1 saturated heterocycles. The number of nitrogens with one attached hydrogen (secondary N) is 1. The van der Waals surface area contributed by atoms with Gasteiger partial charge in [-0.25, -0.2) is 9.18 Å². The highest BCUT2D eigenvalue weighted by Gasteiger charge is 2.23. The van der Waals surface area contributed by atoms with Crippen molar-refractivity contribution >= 4 is 17.9 Å². The van der Waals surface area contributed by atoms with Gasteiger partial charge >= 0.3 is 6.09 Å². The Morgan fingerprint density at radius 2 is 1.59 bits per heavy atom. The van der Waals surface area contributed by atoms with Crippen LogP contribution in [0.15, 0.2) is 24.3 Å². The predicted molar refractivity (Wildman–Crippen MR) is 107 cm³/mol. The summed E-state index contributed by atoms with van der Waals surface area (Å²) >= 11 is 0. The van der Waals surface area contributed by atoms with Crippen LogP contribution in [0.3, 0.4) is 0 Å². The number of hydrogen-bond acceptors (Lipinski definition) is 4. The van der Waals surface area contributed by atoms with Crippen molar-refractivity contribution < 1.29 is 23.5 Å². The Morgan fingerprint density at radius 1 is 1.00 bits per heavy atom. The van der Waals surface area contributed by atoms with Gasteiger partial charge in [0.05, 0.1) is 0 Å². The molecule has 0 unspecified atom stereocenters. The molecular formula is C21H30FN3O4. The van der Waals surface area contributed by atoms with Crippen molar-refractivity contribution in [3.8, 4) is 0 Å². The summed E-state index contributed by atoms with van der Waals surface area (Å²) in [5, 5.41) is 2.47. The molecule has 0 saturated carbocycles. The normalized spacial score (nSPS) is 14.9. The molecule has 1 aliphatic rings. The summed E-state index contributed by atoms with van der Waals surface area (Å²) in [5.74, 6) is -0.467. The molecule has 1 aromatic carbocycles. The SMILES string of the molecule is CC(C)(C)OC(=O)NCC(=O)N1CCCN(C(=O)CCc2ccc(F)cc2)CC1. The molecule has 160 valence electrons. The first-order valence-electron chi connectivity index (χ1n) is 9.91. The molecule has 1 heterocycles. The van der Waals surface area contributed by atoms with Crippen LogP contribution in [0.25, 0.3) is 0 Å². The van der Waals surface area contributed by atoms with Crippen LogP contribution in [0.2, 0.25) is 0 Å². The fourth-order valence-electron chi connectivity index (χ4n) is 3.05. The third-order valence-electron chi connectivity index (χ3n) is 4.52. The van der Waals surface area contributed by atoms with Gasteiger partial charge in [-0.05, 0) is 51.3 Å². The summed E-state index contributed by atoms with van der Waals surface area (Å²) in [6, 6.07) is 6.15. The number of amides is 3. The Kier molecular flexibility index (Phi) is 7.99. The van der Waals surface area contributed by atoms with Crippen LogP contribution in [0.1, 0.15) is 39.2 Å². The van der Waals surface area contributed by atoms with Crippen molar-refractivity contribution in [3.63, 3.8) is 0 Å². The van der Waals surface area contributed by atoms with Gasteiger partial charge in [0, 0.05) is 32.6 Å². The van der Waals surface area contributed by atoms with Crippen molar-refractivity contribution in [2.45, 2.75) is 45.6 Å². The molecule has 2 rings (SSSR count). The van der Waals surface area contributed by atoms with Gasteiger partial charge < -0.3 is 19.9 Å². The minimum absolute atomic E-state index is 0.0236. The molecule has 8 heteroatoms. The van der Waals surface area contributed by atoms with E-state index in [-0.39, 0.29) is 24.2 Å². The first-order valence-corrected chi connectivity index (χ1v) is 9.91. The van der Waals surface area contributed by atoms with Crippen LogP contribution in [0, 0.1) is 5.82 Å². The molecule has 29 heavy (non-hydrogen) atoms. The standard InChI is InChI=1S/C21H30FN3O4/c1-21(2,3)29-20(28)23-15-19(27)25-12-4-11-24(13-14-25)18(26)10-7-16-5-8-17(22)9-6-16/h5-6,8-9H,4,7,10-15H2,1-3H3,(H,23,28). The number of hydrogen-bond donors (Lipinski definition) is 1. The van der Waals surface area contributed by atoms with Crippen LogP contribution in [-0.2, 0) is 20.7 Å². The third-order valence-corrected chi connectivity index (χ3v) is 4.52. The van der Waals surface area contributed by atoms with Crippen LogP contribution in [-0.4, -0.2) is 66.0 Å². The van der Waals surface area contributed by atoms with Crippen LogP contribution in [0.5, 0.6) is 0 Å². The highest BCUT2D eigenvalue weighted by Crippen LogP contribution is 2.10. The Balaban J connectivity index is 1.75. The zero-order valence-corrected chi connectivity index (χ0v) is 17.4. The number of rotatable bonds is 5. The van der Waals surface area contributed by atoms with E-state index in [1.54, 1.807) is 42.7 Å². The fraction of sp³-hybridized carbons (Fsp3) is 0.571. The van der Waals surface area contributed by atoms with Gasteiger partial charge in [-0.2, -0.15) is 0 Å². The lowest BCUT2D eigenvalue weighted by Gasteiger charge is -2.23. The summed E-state index contributed by atoms with van der Waals surface area (Å²) < 4.78 is 18.1. The van der Waals surface area contributed by atoms with Crippen molar-refractivity contribution in [2.75, 3.05) is 32.7 Å². The Hall–Kier alpha value is -2.64. The largest absolute Gasteiger partial charge is 0.444 e. The molecule has 1 N–H and O–H groups in total. The van der Waals surface area contributed by atoms with Gasteiger partial charge in [0.1, 0.15) is 18.0 Å². The average Bonchev–Trinajstić information content (AvgIpc) is 2.90. The van der Waals surface area contributed by atoms with Crippen molar-refractivity contribution in [1.82, 2.24) is 15.1 Å². The van der Waals surface area contributed by atoms with Crippen molar-refractivity contribution in [3.05, 3.63) is 35.6 Å². The molecule has 1 aliphatic heterocycles. The lowest BCUT2D eigenvalue weighted by atomic mass is 10.1. The van der Waals surface area contributed by atoms with Crippen molar-refractivity contribution in [2.24, 2.45) is 0 Å². The topological polar surface area (TPSA) is 79.0 Å². The molecular weight excluding hydrogens is 377 g/mol. The Morgan fingerprint density at radius 3 is 2.17 bits per heavy atom. The summed E-state index contributed by atoms with van der Waals surface area (Å²) in [6.45, 7) is 7.15. The van der Waals surface area contributed by atoms with Crippen LogP contribution in [0.4, 0.5) is 9.18 Å². The number of carbonyl (C=O) groups excluding carboxylic acids is 3. The number of aryl methyl sites for hydroxylation is 1. The monoisotopic (exact) mass is 407 g/mol. The van der Waals surface area contributed by atoms with E-state index in [9.17, 15) is 18.8 Å². The summed E-state index contributed by atoms with van der Waals surface area (Å²) in [5.41, 5.74) is 0.296. The summed E-state index contributed by atoms with van der Waals surface area (Å²) in [7, 11) is 0. The Bertz CT molecular complexity index is 716. The first kappa shape index (κ1) is 22.6. The maximum Gasteiger partial charge on any atom is 0.408 e. The molecule has 0 atom stereocenters. The summed E-state index contributed by atoms with van der Waals surface area (Å²) in [4.78, 5) is 40.0. The third kappa shape index (κ3) is 8.09. The van der Waals surface area contributed by atoms with E-state index in [0.717, 1.165) is 5.56 Å². The lowest BCUT2D eigenvalue weighted by molar-refractivity contribution is -0.133. The number of carbonyl (C=O) groups is 3.